The molecule has 72 valence electrons. The maximum atomic E-state index is 10.9. The Morgan fingerprint density at radius 2 is 2.43 bits per heavy atom. The van der Waals surface area contributed by atoms with E-state index in [0.29, 0.717) is 10.7 Å². The van der Waals surface area contributed by atoms with Gasteiger partial charge in [-0.1, -0.05) is 11.6 Å². The molecular formula is C9H7ClN2O2. The number of nitriles is 1. The number of halogens is 1. The van der Waals surface area contributed by atoms with Crippen molar-refractivity contribution in [1.29, 1.82) is 5.26 Å². The first-order valence-corrected chi connectivity index (χ1v) is 4.17. The summed E-state index contributed by atoms with van der Waals surface area (Å²) in [4.78, 5) is 14.8. The molecule has 4 nitrogen and oxygen atoms in total. The van der Waals surface area contributed by atoms with Gasteiger partial charge in [-0.25, -0.2) is 4.98 Å². The van der Waals surface area contributed by atoms with Crippen LogP contribution in [0.1, 0.15) is 11.4 Å². The summed E-state index contributed by atoms with van der Waals surface area (Å²) in [6.07, 6.45) is -0.0230. The van der Waals surface area contributed by atoms with E-state index in [1.807, 2.05) is 6.07 Å². The van der Waals surface area contributed by atoms with Crippen molar-refractivity contribution in [2.75, 3.05) is 7.11 Å². The van der Waals surface area contributed by atoms with Gasteiger partial charge < -0.3 is 4.74 Å². The Labute approximate surface area is 86.1 Å². The average molecular weight is 211 g/mol. The molecule has 0 aromatic carbocycles. The molecule has 0 spiro atoms. The van der Waals surface area contributed by atoms with Gasteiger partial charge in [0.05, 0.1) is 24.2 Å². The molecule has 1 rings (SSSR count). The molecule has 0 atom stereocenters. The van der Waals surface area contributed by atoms with Crippen LogP contribution < -0.4 is 0 Å². The van der Waals surface area contributed by atoms with Crippen molar-refractivity contribution < 1.29 is 9.53 Å². The number of hydrogen-bond donors (Lipinski definition) is 0. The number of hydrogen-bond acceptors (Lipinski definition) is 4. The third-order valence-electron chi connectivity index (χ3n) is 1.57. The number of nitrogens with zero attached hydrogens (tertiary/aromatic N) is 2. The van der Waals surface area contributed by atoms with E-state index >= 15 is 0 Å². The summed E-state index contributed by atoms with van der Waals surface area (Å²) in [5.41, 5.74) is 0.589. The van der Waals surface area contributed by atoms with Crippen molar-refractivity contribution in [1.82, 2.24) is 4.98 Å². The minimum absolute atomic E-state index is 0.0230. The standard InChI is InChI=1S/C9H7ClN2O2/c1-14-9(13)4-8-7(10)3-2-6(5-11)12-8/h2-3H,4H2,1H3. The van der Waals surface area contributed by atoms with Crippen LogP contribution in [0.3, 0.4) is 0 Å². The summed E-state index contributed by atoms with van der Waals surface area (Å²) >= 11 is 5.77. The molecule has 0 N–H and O–H groups in total. The minimum atomic E-state index is -0.436. The van der Waals surface area contributed by atoms with Gasteiger partial charge >= 0.3 is 5.97 Å². The quantitative estimate of drug-likeness (QED) is 0.691. The van der Waals surface area contributed by atoms with Crippen molar-refractivity contribution in [3.63, 3.8) is 0 Å². The van der Waals surface area contributed by atoms with E-state index in [0.717, 1.165) is 0 Å². The Bertz CT molecular complexity index is 398. The highest BCUT2D eigenvalue weighted by Gasteiger charge is 2.09. The van der Waals surface area contributed by atoms with Crippen LogP contribution in [0.2, 0.25) is 5.02 Å². The molecule has 0 radical (unpaired) electrons. The SMILES string of the molecule is COC(=O)Cc1nc(C#N)ccc1Cl. The molecule has 5 heteroatoms. The molecule has 0 bridgehead atoms. The average Bonchev–Trinajstić information content (AvgIpc) is 2.21. The van der Waals surface area contributed by atoms with Gasteiger partial charge in [0.25, 0.3) is 0 Å². The summed E-state index contributed by atoms with van der Waals surface area (Å²) in [7, 11) is 1.28. The van der Waals surface area contributed by atoms with Crippen LogP contribution in [0.15, 0.2) is 12.1 Å². The summed E-state index contributed by atoms with van der Waals surface area (Å²) < 4.78 is 4.46. The molecule has 0 saturated heterocycles. The van der Waals surface area contributed by atoms with Crippen molar-refractivity contribution in [2.24, 2.45) is 0 Å². The van der Waals surface area contributed by atoms with Crippen LogP contribution in [0, 0.1) is 11.3 Å². The van der Waals surface area contributed by atoms with Crippen LogP contribution in [-0.2, 0) is 16.0 Å². The van der Waals surface area contributed by atoms with E-state index < -0.39 is 5.97 Å². The lowest BCUT2D eigenvalue weighted by molar-refractivity contribution is -0.139. The highest BCUT2D eigenvalue weighted by Crippen LogP contribution is 2.14. The third-order valence-corrected chi connectivity index (χ3v) is 1.92. The Hall–Kier alpha value is -1.60. The number of methoxy groups -OCH3 is 1. The van der Waals surface area contributed by atoms with Crippen molar-refractivity contribution in [3.05, 3.63) is 28.5 Å². The molecule has 14 heavy (non-hydrogen) atoms. The number of esters is 1. The van der Waals surface area contributed by atoms with Gasteiger partial charge in [0.2, 0.25) is 0 Å². The van der Waals surface area contributed by atoms with Crippen LogP contribution in [0.5, 0.6) is 0 Å². The molecule has 0 aliphatic rings. The van der Waals surface area contributed by atoms with Crippen LogP contribution in [0.4, 0.5) is 0 Å². The predicted octanol–water partition coefficient (Wildman–Crippen LogP) is 1.32. The molecule has 0 saturated carbocycles. The molecule has 0 fully saturated rings. The fraction of sp³-hybridized carbons (Fsp3) is 0.222. The summed E-state index contributed by atoms with van der Waals surface area (Å²) in [5, 5.41) is 8.93. The van der Waals surface area contributed by atoms with Gasteiger partial charge in [0, 0.05) is 0 Å². The predicted molar refractivity (Wildman–Crippen MR) is 49.7 cm³/mol. The summed E-state index contributed by atoms with van der Waals surface area (Å²) in [6, 6.07) is 4.89. The lowest BCUT2D eigenvalue weighted by Crippen LogP contribution is -2.07. The lowest BCUT2D eigenvalue weighted by Gasteiger charge is -2.01. The minimum Gasteiger partial charge on any atom is -0.469 e. The summed E-state index contributed by atoms with van der Waals surface area (Å²) in [6.45, 7) is 0. The maximum absolute atomic E-state index is 10.9. The molecule has 1 heterocycles. The van der Waals surface area contributed by atoms with Crippen molar-refractivity contribution in [3.8, 4) is 6.07 Å². The van der Waals surface area contributed by atoms with E-state index in [1.165, 1.54) is 19.2 Å². The first-order valence-electron chi connectivity index (χ1n) is 3.79. The summed E-state index contributed by atoms with van der Waals surface area (Å²) in [5.74, 6) is -0.436. The van der Waals surface area contributed by atoms with Gasteiger partial charge in [0.15, 0.2) is 0 Å². The molecular weight excluding hydrogens is 204 g/mol. The largest absolute Gasteiger partial charge is 0.469 e. The highest BCUT2D eigenvalue weighted by molar-refractivity contribution is 6.31. The van der Waals surface area contributed by atoms with Gasteiger partial charge in [-0.15, -0.1) is 0 Å². The number of aromatic nitrogens is 1. The van der Waals surface area contributed by atoms with Crippen molar-refractivity contribution >= 4 is 17.6 Å². The van der Waals surface area contributed by atoms with Gasteiger partial charge in [-0.2, -0.15) is 5.26 Å². The normalized spacial score (nSPS) is 9.21. The molecule has 0 unspecified atom stereocenters. The smallest absolute Gasteiger partial charge is 0.311 e. The number of carbonyl (C=O) groups excluding carboxylic acids is 1. The zero-order valence-corrected chi connectivity index (χ0v) is 8.21. The van der Waals surface area contributed by atoms with Crippen LogP contribution >= 0.6 is 11.6 Å². The van der Waals surface area contributed by atoms with E-state index in [1.54, 1.807) is 0 Å². The number of ether oxygens (including phenoxy) is 1. The monoisotopic (exact) mass is 210 g/mol. The number of carbonyl (C=O) groups is 1. The molecule has 1 aromatic heterocycles. The van der Waals surface area contributed by atoms with Crippen LogP contribution in [-0.4, -0.2) is 18.1 Å². The lowest BCUT2D eigenvalue weighted by atomic mass is 10.2. The van der Waals surface area contributed by atoms with E-state index in [9.17, 15) is 4.79 Å². The Balaban J connectivity index is 2.96. The number of rotatable bonds is 2. The second-order valence-corrected chi connectivity index (χ2v) is 2.90. The Morgan fingerprint density at radius 3 is 3.00 bits per heavy atom. The Morgan fingerprint density at radius 1 is 1.71 bits per heavy atom. The van der Waals surface area contributed by atoms with E-state index in [4.69, 9.17) is 16.9 Å². The zero-order valence-electron chi connectivity index (χ0n) is 7.45. The fourth-order valence-electron chi connectivity index (χ4n) is 0.879. The van der Waals surface area contributed by atoms with Gasteiger partial charge in [-0.05, 0) is 12.1 Å². The fourth-order valence-corrected chi connectivity index (χ4v) is 1.05. The molecule has 0 aliphatic heterocycles. The molecule has 0 amide bonds. The zero-order chi connectivity index (χ0) is 10.6. The molecule has 0 aliphatic carbocycles. The third kappa shape index (κ3) is 2.44. The first-order chi connectivity index (χ1) is 6.67. The second-order valence-electron chi connectivity index (χ2n) is 2.49. The van der Waals surface area contributed by atoms with Crippen molar-refractivity contribution in [2.45, 2.75) is 6.42 Å². The van der Waals surface area contributed by atoms with Gasteiger partial charge in [0.1, 0.15) is 11.8 Å². The first kappa shape index (κ1) is 10.5. The Kier molecular flexibility index (Phi) is 3.43. The number of pyridine rings is 1. The van der Waals surface area contributed by atoms with Gasteiger partial charge in [-0.3, -0.25) is 4.79 Å². The second kappa shape index (κ2) is 4.58. The van der Waals surface area contributed by atoms with E-state index in [-0.39, 0.29) is 12.1 Å². The van der Waals surface area contributed by atoms with E-state index in [2.05, 4.69) is 9.72 Å². The highest BCUT2D eigenvalue weighted by atomic mass is 35.5. The topological polar surface area (TPSA) is 63.0 Å². The molecule has 1 aromatic rings. The van der Waals surface area contributed by atoms with Crippen LogP contribution in [0.25, 0.3) is 0 Å². The maximum Gasteiger partial charge on any atom is 0.311 e.